The molecule has 1 amide bonds. The standard InChI is InChI=1S/C55H51ClFN7O9S/c1-5-43(56)37-9-8-11-42-49-52(59-33-60-53(49)74-50(42)36-14-16-39(57)17-15-36)72-46(54(66)70-32-47-34(2)71-55(67)73-47)29-38-27-35(28-48(65)64(30-37)26-25-63-23-21-62(3)22-24-63)13-18-44(38)69-31-40-19-20-58-51(61-40)41-10-6-7-12-45(41)68-4/h1,6-10,12-20,27,33,46H,11,21-26,28-32H2,2-4H3/b9-8-,43-37-/t46-/m1/s1. The van der Waals surface area contributed by atoms with Crippen molar-refractivity contribution in [2.45, 2.75) is 45.5 Å². The van der Waals surface area contributed by atoms with Crippen molar-refractivity contribution in [2.24, 2.45) is 0 Å². The first-order chi connectivity index (χ1) is 35.9. The van der Waals surface area contributed by atoms with Crippen LogP contribution in [0.5, 0.6) is 17.4 Å². The van der Waals surface area contributed by atoms with Crippen LogP contribution in [0.1, 0.15) is 33.9 Å². The Hall–Kier alpha value is -7.69. The number of terminal acetylenes is 1. The molecule has 4 aromatic heterocycles. The van der Waals surface area contributed by atoms with Crippen molar-refractivity contribution in [2.75, 3.05) is 60.0 Å². The van der Waals surface area contributed by atoms with E-state index in [1.165, 1.54) is 36.7 Å². The van der Waals surface area contributed by atoms with Crippen LogP contribution in [0.4, 0.5) is 4.39 Å². The minimum atomic E-state index is -1.42. The fourth-order valence-corrected chi connectivity index (χ4v) is 9.97. The van der Waals surface area contributed by atoms with Crippen LogP contribution in [0.3, 0.4) is 0 Å². The van der Waals surface area contributed by atoms with Gasteiger partial charge in [0.25, 0.3) is 0 Å². The zero-order chi connectivity index (χ0) is 51.7. The molecule has 1 saturated heterocycles. The van der Waals surface area contributed by atoms with E-state index < -0.39 is 30.3 Å². The molecule has 9 rings (SSSR count). The molecule has 1 fully saturated rings. The molecule has 1 atom stereocenters. The summed E-state index contributed by atoms with van der Waals surface area (Å²) in [5.74, 6) is 1.81. The lowest BCUT2D eigenvalue weighted by atomic mass is 10.0. The first kappa shape index (κ1) is 51.2. The molecule has 3 aromatic carbocycles. The predicted octanol–water partition coefficient (Wildman–Crippen LogP) is 7.99. The maximum Gasteiger partial charge on any atom is 0.519 e. The topological polar surface area (TPSA) is 176 Å². The van der Waals surface area contributed by atoms with Crippen LogP contribution in [0.25, 0.3) is 32.0 Å². The Morgan fingerprint density at radius 2 is 1.78 bits per heavy atom. The van der Waals surface area contributed by atoms with Crippen molar-refractivity contribution in [1.29, 1.82) is 0 Å². The maximum absolute atomic E-state index is 14.8. The van der Waals surface area contributed by atoms with Gasteiger partial charge in [-0.05, 0) is 84.6 Å². The number of hydrogen-bond donors (Lipinski definition) is 0. The zero-order valence-electron chi connectivity index (χ0n) is 40.8. The van der Waals surface area contributed by atoms with Gasteiger partial charge in [-0.15, -0.1) is 17.8 Å². The lowest BCUT2D eigenvalue weighted by molar-refractivity contribution is -0.154. The molecule has 16 nitrogen and oxygen atoms in total. The molecule has 380 valence electrons. The summed E-state index contributed by atoms with van der Waals surface area (Å²) < 4.78 is 49.2. The Kier molecular flexibility index (Phi) is 16.2. The van der Waals surface area contributed by atoms with Gasteiger partial charge in [0.15, 0.2) is 24.0 Å². The van der Waals surface area contributed by atoms with Crippen LogP contribution in [0.15, 0.2) is 122 Å². The summed E-state index contributed by atoms with van der Waals surface area (Å²) in [4.78, 5) is 67.4. The van der Waals surface area contributed by atoms with Crippen LogP contribution in [0.2, 0.25) is 0 Å². The molecule has 0 unspecified atom stereocenters. The maximum atomic E-state index is 14.8. The van der Waals surface area contributed by atoms with E-state index in [-0.39, 0.29) is 60.8 Å². The van der Waals surface area contributed by atoms with Gasteiger partial charge in [-0.3, -0.25) is 9.69 Å². The Morgan fingerprint density at radius 1 is 0.973 bits per heavy atom. The molecular formula is C55H51ClFN7O9S. The van der Waals surface area contributed by atoms with E-state index in [4.69, 9.17) is 50.8 Å². The van der Waals surface area contributed by atoms with Gasteiger partial charge in [-0.25, -0.2) is 33.9 Å². The minimum Gasteiger partial charge on any atom is -0.496 e. The number of carbonyl (C=O) groups is 2. The Morgan fingerprint density at radius 3 is 2.55 bits per heavy atom. The summed E-state index contributed by atoms with van der Waals surface area (Å²) in [7, 11) is 3.67. The molecule has 2 aliphatic rings. The summed E-state index contributed by atoms with van der Waals surface area (Å²) in [6.07, 6.45) is 11.3. The summed E-state index contributed by atoms with van der Waals surface area (Å²) in [5.41, 5.74) is 4.31. The number of aryl methyl sites for hydroxylation is 1. The van der Waals surface area contributed by atoms with Gasteiger partial charge in [-0.2, -0.15) is 0 Å². The quantitative estimate of drug-likeness (QED) is 0.0850. The minimum absolute atomic E-state index is 0.0141. The highest BCUT2D eigenvalue weighted by molar-refractivity contribution is 7.22. The van der Waals surface area contributed by atoms with E-state index >= 15 is 0 Å². The number of carbonyl (C=O) groups excluding carboxylic acids is 2. The summed E-state index contributed by atoms with van der Waals surface area (Å²) in [5, 5.41) is 0.643. The van der Waals surface area contributed by atoms with Crippen molar-refractivity contribution in [3.05, 3.63) is 158 Å². The number of amides is 1. The number of allylic oxidation sites excluding steroid dienone is 2. The second-order valence-corrected chi connectivity index (χ2v) is 19.0. The smallest absolute Gasteiger partial charge is 0.496 e. The highest BCUT2D eigenvalue weighted by Crippen LogP contribution is 2.42. The Labute approximate surface area is 435 Å². The highest BCUT2D eigenvalue weighted by atomic mass is 35.5. The van der Waals surface area contributed by atoms with E-state index in [0.717, 1.165) is 31.1 Å². The molecule has 74 heavy (non-hydrogen) atoms. The first-order valence-electron chi connectivity index (χ1n) is 23.8. The van der Waals surface area contributed by atoms with E-state index in [1.807, 2.05) is 36.4 Å². The average Bonchev–Trinajstić information content (AvgIpc) is 3.95. The van der Waals surface area contributed by atoms with Crippen LogP contribution < -0.4 is 20.0 Å². The van der Waals surface area contributed by atoms with Gasteiger partial charge in [0.05, 0.1) is 35.2 Å². The number of methoxy groups -OCH3 is 1. The predicted molar refractivity (Wildman–Crippen MR) is 276 cm³/mol. The molecule has 0 spiro atoms. The third-order valence-electron chi connectivity index (χ3n) is 12.7. The van der Waals surface area contributed by atoms with E-state index in [0.29, 0.717) is 79.7 Å². The summed E-state index contributed by atoms with van der Waals surface area (Å²) in [6, 6.07) is 20.6. The van der Waals surface area contributed by atoms with Gasteiger partial charge in [-0.1, -0.05) is 66.1 Å². The van der Waals surface area contributed by atoms with Gasteiger partial charge in [0, 0.05) is 63.3 Å². The molecule has 7 aromatic rings. The third kappa shape index (κ3) is 12.2. The van der Waals surface area contributed by atoms with Crippen molar-refractivity contribution in [3.63, 3.8) is 0 Å². The van der Waals surface area contributed by atoms with Crippen molar-refractivity contribution in [3.8, 4) is 51.6 Å². The van der Waals surface area contributed by atoms with Crippen LogP contribution in [0, 0.1) is 25.1 Å². The van der Waals surface area contributed by atoms with Gasteiger partial charge in [0.2, 0.25) is 17.9 Å². The lowest BCUT2D eigenvalue weighted by Crippen LogP contribution is -2.48. The van der Waals surface area contributed by atoms with Crippen molar-refractivity contribution < 1.29 is 41.8 Å². The number of likely N-dealkylation sites (N-methyl/N-ethyl adjacent to an activating group) is 1. The highest BCUT2D eigenvalue weighted by Gasteiger charge is 2.30. The van der Waals surface area contributed by atoms with Gasteiger partial charge in [0.1, 0.15) is 35.1 Å². The van der Waals surface area contributed by atoms with Crippen LogP contribution in [-0.2, 0) is 46.8 Å². The molecule has 0 N–H and O–H groups in total. The Bertz CT molecular complexity index is 3340. The number of nitrogens with zero attached hydrogens (tertiary/aromatic N) is 7. The number of rotatable bonds is 12. The Balaban J connectivity index is 1.15. The molecule has 0 saturated carbocycles. The number of para-hydroxylation sites is 1. The molecule has 0 aliphatic carbocycles. The van der Waals surface area contributed by atoms with Gasteiger partial charge < -0.3 is 37.6 Å². The number of benzene rings is 3. The number of thiophene rings is 1. The van der Waals surface area contributed by atoms with Crippen molar-refractivity contribution in [1.82, 2.24) is 34.6 Å². The average molecular weight is 1040 g/mol. The molecular weight excluding hydrogens is 989 g/mol. The molecule has 2 aliphatic heterocycles. The fourth-order valence-electron chi connectivity index (χ4n) is 8.68. The van der Waals surface area contributed by atoms with Crippen LogP contribution >= 0.6 is 22.9 Å². The second kappa shape index (κ2) is 23.5. The molecule has 2 bridgehead atoms. The van der Waals surface area contributed by atoms with Crippen LogP contribution in [-0.4, -0.2) is 113 Å². The summed E-state index contributed by atoms with van der Waals surface area (Å²) >= 11 is 8.16. The van der Waals surface area contributed by atoms with Crippen molar-refractivity contribution >= 4 is 45.0 Å². The summed E-state index contributed by atoms with van der Waals surface area (Å²) in [6.45, 7) is 5.71. The van der Waals surface area contributed by atoms with E-state index in [2.05, 4.69) is 37.7 Å². The molecule has 0 radical (unpaired) electrons. The third-order valence-corrected chi connectivity index (χ3v) is 14.3. The number of hydrogen-bond acceptors (Lipinski definition) is 16. The number of esters is 1. The monoisotopic (exact) mass is 1040 g/mol. The molecule has 6 heterocycles. The number of fused-ring (bicyclic) bond motifs is 2. The second-order valence-electron chi connectivity index (χ2n) is 17.7. The first-order valence-corrected chi connectivity index (χ1v) is 25.0. The largest absolute Gasteiger partial charge is 0.519 e. The number of ether oxygens (including phenoxy) is 4. The normalized spacial score (nSPS) is 17.0. The number of aromatic nitrogens is 4. The zero-order valence-corrected chi connectivity index (χ0v) is 42.4. The number of piperazine rings is 1. The molecule has 19 heteroatoms. The lowest BCUT2D eigenvalue weighted by Gasteiger charge is -2.34. The SMILES string of the molecule is C#C/C(Cl)=C1\C=C/Cc2c(-c3ccc(F)cc3)sc3ncnc(c23)O[C@@H](C(=O)OCc2oc(=O)oc2C)Cc2cc(ccc2OCc2ccnc(-c3ccccc3OC)n2)CC(=O)N(CCN2CCN(C)CC2)C1. The number of halogens is 2. The fraction of sp³-hybridized carbons (Fsp3) is 0.291. The van der Waals surface area contributed by atoms with E-state index in [9.17, 15) is 18.8 Å². The van der Waals surface area contributed by atoms with E-state index in [1.54, 1.807) is 54.6 Å². The van der Waals surface area contributed by atoms with Gasteiger partial charge >= 0.3 is 11.8 Å².